The summed E-state index contributed by atoms with van der Waals surface area (Å²) in [5, 5.41) is 13.2. The van der Waals surface area contributed by atoms with Crippen LogP contribution in [0.3, 0.4) is 0 Å². The van der Waals surface area contributed by atoms with Gasteiger partial charge in [0.15, 0.2) is 0 Å². The van der Waals surface area contributed by atoms with Gasteiger partial charge in [-0.05, 0) is 19.1 Å². The van der Waals surface area contributed by atoms with E-state index in [1.807, 2.05) is 0 Å². The topological polar surface area (TPSA) is 92.4 Å². The van der Waals surface area contributed by atoms with Crippen molar-refractivity contribution in [3.05, 3.63) is 33.9 Å². The van der Waals surface area contributed by atoms with Crippen LogP contribution in [0.25, 0.3) is 5.69 Å². The SMILES string of the molecule is Cc1[c]c(O)n(-c2cc(Cl)c(S(=O)(=O)O)cc2Cl)n1. The highest BCUT2D eigenvalue weighted by atomic mass is 35.5. The summed E-state index contributed by atoms with van der Waals surface area (Å²) >= 11 is 11.7. The molecular formula is C10H7Cl2N2O4S. The fraction of sp³-hybridized carbons (Fsp3) is 0.100. The van der Waals surface area contributed by atoms with E-state index in [0.717, 1.165) is 10.7 Å². The second-order valence-electron chi connectivity index (χ2n) is 3.65. The zero-order chi connectivity index (χ0) is 14.4. The van der Waals surface area contributed by atoms with Crippen molar-refractivity contribution >= 4 is 33.3 Å². The Labute approximate surface area is 118 Å². The summed E-state index contributed by atoms with van der Waals surface area (Å²) in [6.07, 6.45) is 0. The monoisotopic (exact) mass is 321 g/mol. The van der Waals surface area contributed by atoms with Crippen molar-refractivity contribution in [3.8, 4) is 11.6 Å². The van der Waals surface area contributed by atoms with E-state index in [1.54, 1.807) is 6.92 Å². The van der Waals surface area contributed by atoms with Crippen LogP contribution in [-0.2, 0) is 10.1 Å². The molecule has 0 atom stereocenters. The first kappa shape index (κ1) is 14.1. The van der Waals surface area contributed by atoms with Gasteiger partial charge in [-0.1, -0.05) is 23.2 Å². The minimum atomic E-state index is -4.48. The van der Waals surface area contributed by atoms with Crippen molar-refractivity contribution in [2.45, 2.75) is 11.8 Å². The molecule has 6 nitrogen and oxygen atoms in total. The minimum Gasteiger partial charge on any atom is -0.493 e. The number of halogens is 2. The average Bonchev–Trinajstić information content (AvgIpc) is 2.59. The molecule has 101 valence electrons. The predicted molar refractivity (Wildman–Crippen MR) is 68.6 cm³/mol. The number of rotatable bonds is 2. The van der Waals surface area contributed by atoms with Gasteiger partial charge in [-0.2, -0.15) is 18.2 Å². The molecule has 2 rings (SSSR count). The fourth-order valence-electron chi connectivity index (χ4n) is 1.48. The van der Waals surface area contributed by atoms with E-state index in [2.05, 4.69) is 11.2 Å². The van der Waals surface area contributed by atoms with Crippen LogP contribution in [0.5, 0.6) is 5.88 Å². The molecule has 0 saturated heterocycles. The van der Waals surface area contributed by atoms with Gasteiger partial charge in [0, 0.05) is 0 Å². The highest BCUT2D eigenvalue weighted by molar-refractivity contribution is 7.86. The summed E-state index contributed by atoms with van der Waals surface area (Å²) in [5.74, 6) is -0.296. The van der Waals surface area contributed by atoms with Crippen LogP contribution in [0, 0.1) is 13.0 Å². The molecule has 1 aromatic carbocycles. The van der Waals surface area contributed by atoms with Crippen LogP contribution >= 0.6 is 23.2 Å². The normalized spacial score (nSPS) is 11.8. The number of aromatic hydroxyl groups is 1. The largest absolute Gasteiger partial charge is 0.493 e. The Morgan fingerprint density at radius 3 is 2.42 bits per heavy atom. The van der Waals surface area contributed by atoms with Crippen LogP contribution in [0.2, 0.25) is 10.0 Å². The third kappa shape index (κ3) is 2.69. The van der Waals surface area contributed by atoms with E-state index in [-0.39, 0.29) is 21.6 Å². The molecule has 2 aromatic rings. The molecule has 0 spiro atoms. The van der Waals surface area contributed by atoms with Gasteiger partial charge in [0.05, 0.1) is 27.5 Å². The summed E-state index contributed by atoms with van der Waals surface area (Å²) < 4.78 is 32.1. The van der Waals surface area contributed by atoms with Gasteiger partial charge in [-0.15, -0.1) is 0 Å². The third-order valence-electron chi connectivity index (χ3n) is 2.25. The highest BCUT2D eigenvalue weighted by Gasteiger charge is 2.19. The van der Waals surface area contributed by atoms with Gasteiger partial charge in [0.25, 0.3) is 10.1 Å². The molecule has 0 aliphatic heterocycles. The number of nitrogens with zero attached hydrogens (tertiary/aromatic N) is 2. The molecule has 9 heteroatoms. The van der Waals surface area contributed by atoms with Gasteiger partial charge in [0.2, 0.25) is 5.88 Å². The summed E-state index contributed by atoms with van der Waals surface area (Å²) in [5.41, 5.74) is 0.587. The van der Waals surface area contributed by atoms with Gasteiger partial charge in [0.1, 0.15) is 4.90 Å². The first-order chi connectivity index (χ1) is 8.70. The van der Waals surface area contributed by atoms with Crippen molar-refractivity contribution in [1.82, 2.24) is 9.78 Å². The van der Waals surface area contributed by atoms with Gasteiger partial charge in [-0.25, -0.2) is 0 Å². The standard InChI is InChI=1S/C10H7Cl2N2O4S/c1-5-2-10(15)14(13-5)8-3-7(12)9(4-6(8)11)19(16,17)18/h3-4,15H,1H3,(H,16,17,18). The molecule has 2 N–H and O–H groups in total. The summed E-state index contributed by atoms with van der Waals surface area (Å²) in [4.78, 5) is -0.518. The molecule has 0 bridgehead atoms. The lowest BCUT2D eigenvalue weighted by atomic mass is 10.3. The lowest BCUT2D eigenvalue weighted by molar-refractivity contribution is 0.432. The van der Waals surface area contributed by atoms with Gasteiger partial charge in [-0.3, -0.25) is 4.55 Å². The first-order valence-electron chi connectivity index (χ1n) is 4.85. The number of hydrogen-bond donors (Lipinski definition) is 2. The van der Waals surface area contributed by atoms with Crippen molar-refractivity contribution in [2.24, 2.45) is 0 Å². The molecule has 1 heterocycles. The smallest absolute Gasteiger partial charge is 0.296 e. The van der Waals surface area contributed by atoms with E-state index in [4.69, 9.17) is 27.8 Å². The molecule has 1 aromatic heterocycles. The molecule has 0 unspecified atom stereocenters. The lowest BCUT2D eigenvalue weighted by Crippen LogP contribution is -2.03. The molecule has 1 radical (unpaired) electrons. The molecule has 19 heavy (non-hydrogen) atoms. The Balaban J connectivity index is 2.69. The number of aryl methyl sites for hydroxylation is 1. The van der Waals surface area contributed by atoms with Crippen LogP contribution in [0.15, 0.2) is 17.0 Å². The Morgan fingerprint density at radius 1 is 1.32 bits per heavy atom. The Kier molecular flexibility index (Phi) is 3.48. The summed E-state index contributed by atoms with van der Waals surface area (Å²) in [7, 11) is -4.48. The maximum absolute atomic E-state index is 11.1. The number of aromatic nitrogens is 2. The Morgan fingerprint density at radius 2 is 1.95 bits per heavy atom. The maximum Gasteiger partial charge on any atom is 0.296 e. The van der Waals surface area contributed by atoms with Crippen LogP contribution in [0.1, 0.15) is 5.69 Å². The minimum absolute atomic E-state index is 0.0520. The highest BCUT2D eigenvalue weighted by Crippen LogP contribution is 2.32. The summed E-state index contributed by atoms with van der Waals surface area (Å²) in [6, 6.07) is 4.69. The molecule has 0 fully saturated rings. The number of hydrogen-bond acceptors (Lipinski definition) is 4. The average molecular weight is 322 g/mol. The molecular weight excluding hydrogens is 315 g/mol. The molecule has 0 aliphatic carbocycles. The first-order valence-corrected chi connectivity index (χ1v) is 7.04. The lowest BCUT2D eigenvalue weighted by Gasteiger charge is -2.08. The van der Waals surface area contributed by atoms with Crippen molar-refractivity contribution in [3.63, 3.8) is 0 Å². The Bertz CT molecular complexity index is 755. The van der Waals surface area contributed by atoms with Crippen molar-refractivity contribution < 1.29 is 18.1 Å². The van der Waals surface area contributed by atoms with Crippen LogP contribution in [0.4, 0.5) is 0 Å². The molecule has 0 saturated carbocycles. The maximum atomic E-state index is 11.1. The molecule has 0 aliphatic rings. The molecule has 0 amide bonds. The van der Waals surface area contributed by atoms with Crippen molar-refractivity contribution in [1.29, 1.82) is 0 Å². The van der Waals surface area contributed by atoms with Crippen LogP contribution < -0.4 is 0 Å². The van der Waals surface area contributed by atoms with E-state index in [0.29, 0.717) is 5.69 Å². The van der Waals surface area contributed by atoms with E-state index in [9.17, 15) is 13.5 Å². The van der Waals surface area contributed by atoms with Crippen LogP contribution in [-0.4, -0.2) is 27.9 Å². The second-order valence-corrected chi connectivity index (χ2v) is 5.86. The van der Waals surface area contributed by atoms with Gasteiger partial charge < -0.3 is 5.11 Å². The third-order valence-corrected chi connectivity index (χ3v) is 3.87. The summed E-state index contributed by atoms with van der Waals surface area (Å²) in [6.45, 7) is 1.61. The second kappa shape index (κ2) is 4.68. The van der Waals surface area contributed by atoms with Crippen molar-refractivity contribution in [2.75, 3.05) is 0 Å². The zero-order valence-electron chi connectivity index (χ0n) is 9.42. The quantitative estimate of drug-likeness (QED) is 0.827. The van der Waals surface area contributed by atoms with E-state index in [1.165, 1.54) is 6.07 Å². The fourth-order valence-corrected chi connectivity index (χ4v) is 2.81. The number of benzene rings is 1. The van der Waals surface area contributed by atoms with E-state index < -0.39 is 15.0 Å². The van der Waals surface area contributed by atoms with Gasteiger partial charge >= 0.3 is 0 Å². The van der Waals surface area contributed by atoms with E-state index >= 15 is 0 Å². The Hall–Kier alpha value is -1.28. The predicted octanol–water partition coefficient (Wildman–Crippen LogP) is 2.24. The zero-order valence-corrected chi connectivity index (χ0v) is 11.8.